The molecule has 1 atom stereocenters. The van der Waals surface area contributed by atoms with Gasteiger partial charge in [0, 0.05) is 26.3 Å². The average molecular weight is 388 g/mol. The third-order valence-electron chi connectivity index (χ3n) is 5.36. The molecule has 0 saturated heterocycles. The number of amides is 1. The van der Waals surface area contributed by atoms with Gasteiger partial charge in [-0.25, -0.2) is 0 Å². The number of aliphatic hydroxyl groups excluding tert-OH is 1. The second-order valence-corrected chi connectivity index (χ2v) is 7.71. The Labute approximate surface area is 167 Å². The average Bonchev–Trinajstić information content (AvgIpc) is 2.69. The summed E-state index contributed by atoms with van der Waals surface area (Å²) in [5, 5.41) is 7.57. The molecule has 0 bridgehead atoms. The van der Waals surface area contributed by atoms with Crippen molar-refractivity contribution in [3.63, 3.8) is 0 Å². The number of carbonyl (C=O) groups is 2. The number of rotatable bonds is 7. The first-order valence-electron chi connectivity index (χ1n) is 11.0. The monoisotopic (exact) mass is 387 g/mol. The lowest BCUT2D eigenvalue weighted by Crippen LogP contribution is -2.23. The van der Waals surface area contributed by atoms with Crippen LogP contribution in [0.1, 0.15) is 99.2 Å². The van der Waals surface area contributed by atoms with E-state index < -0.39 is 0 Å². The molecule has 2 aliphatic rings. The number of aliphatic hydroxyl groups is 1. The Kier molecular flexibility index (Phi) is 16.6. The maximum absolute atomic E-state index is 11.7. The van der Waals surface area contributed by atoms with Crippen molar-refractivity contribution < 1.29 is 20.9 Å². The SMILES string of the molecule is CCC(C)C(=O)C1CCCCC1.CCO.NC(=O)CCOC1CCCCC1.[HH]. The Morgan fingerprint density at radius 2 is 1.52 bits per heavy atom. The van der Waals surface area contributed by atoms with Crippen LogP contribution in [0.2, 0.25) is 0 Å². The first-order valence-corrected chi connectivity index (χ1v) is 11.0. The van der Waals surface area contributed by atoms with E-state index in [0.29, 0.717) is 36.8 Å². The maximum atomic E-state index is 11.7. The quantitative estimate of drug-likeness (QED) is 0.666. The second-order valence-electron chi connectivity index (χ2n) is 7.71. The molecule has 0 aromatic rings. The van der Waals surface area contributed by atoms with Crippen molar-refractivity contribution in [1.82, 2.24) is 0 Å². The highest BCUT2D eigenvalue weighted by molar-refractivity contribution is 5.83. The molecule has 27 heavy (non-hydrogen) atoms. The van der Waals surface area contributed by atoms with E-state index in [1.807, 2.05) is 0 Å². The number of primary amides is 1. The number of carbonyl (C=O) groups excluding carboxylic acids is 2. The topological polar surface area (TPSA) is 89.6 Å². The minimum absolute atomic E-state index is 0. The number of ketones is 1. The molecule has 2 fully saturated rings. The molecule has 5 heteroatoms. The summed E-state index contributed by atoms with van der Waals surface area (Å²) in [4.78, 5) is 22.1. The van der Waals surface area contributed by atoms with Crippen molar-refractivity contribution in [3.05, 3.63) is 0 Å². The van der Waals surface area contributed by atoms with E-state index >= 15 is 0 Å². The summed E-state index contributed by atoms with van der Waals surface area (Å²) in [5.74, 6) is 0.963. The lowest BCUT2D eigenvalue weighted by molar-refractivity contribution is -0.127. The summed E-state index contributed by atoms with van der Waals surface area (Å²) in [6, 6.07) is 0. The zero-order valence-electron chi connectivity index (χ0n) is 17.9. The zero-order valence-corrected chi connectivity index (χ0v) is 17.9. The Morgan fingerprint density at radius 1 is 1.04 bits per heavy atom. The summed E-state index contributed by atoms with van der Waals surface area (Å²) in [6.45, 7) is 6.60. The lowest BCUT2D eigenvalue weighted by Gasteiger charge is -2.22. The Hall–Kier alpha value is -0.940. The number of hydrogen-bond acceptors (Lipinski definition) is 4. The summed E-state index contributed by atoms with van der Waals surface area (Å²) >= 11 is 0. The molecule has 2 rings (SSSR count). The van der Waals surface area contributed by atoms with Crippen LogP contribution < -0.4 is 5.73 Å². The third-order valence-corrected chi connectivity index (χ3v) is 5.36. The normalized spacial score (nSPS) is 19.1. The van der Waals surface area contributed by atoms with Gasteiger partial charge in [0.25, 0.3) is 0 Å². The highest BCUT2D eigenvalue weighted by atomic mass is 16.5. The fourth-order valence-corrected chi connectivity index (χ4v) is 3.55. The van der Waals surface area contributed by atoms with Crippen LogP contribution >= 0.6 is 0 Å². The summed E-state index contributed by atoms with van der Waals surface area (Å²) in [7, 11) is 0. The zero-order chi connectivity index (χ0) is 20.5. The minimum Gasteiger partial charge on any atom is -0.397 e. The summed E-state index contributed by atoms with van der Waals surface area (Å²) < 4.78 is 5.49. The van der Waals surface area contributed by atoms with E-state index in [1.54, 1.807) is 6.92 Å². The molecule has 3 N–H and O–H groups in total. The second kappa shape index (κ2) is 17.2. The molecule has 162 valence electrons. The predicted molar refractivity (Wildman–Crippen MR) is 113 cm³/mol. The van der Waals surface area contributed by atoms with Gasteiger partial charge in [-0.05, 0) is 39.0 Å². The predicted octanol–water partition coefficient (Wildman–Crippen LogP) is 4.64. The van der Waals surface area contributed by atoms with Crippen molar-refractivity contribution in [3.8, 4) is 0 Å². The summed E-state index contributed by atoms with van der Waals surface area (Å²) in [5.41, 5.74) is 4.99. The number of Topliss-reactive ketones (excluding diaryl/α,β-unsaturated/α-hetero) is 1. The molecule has 5 nitrogen and oxygen atoms in total. The van der Waals surface area contributed by atoms with Crippen LogP contribution in [0.4, 0.5) is 0 Å². The molecule has 1 amide bonds. The van der Waals surface area contributed by atoms with Gasteiger partial charge in [-0.3, -0.25) is 9.59 Å². The highest BCUT2D eigenvalue weighted by Gasteiger charge is 2.24. The standard InChI is InChI=1S/C11H20O.C9H17NO2.C2H6O.H2/c1-3-9(2)11(12)10-7-5-4-6-8-10;10-9(11)6-7-12-8-4-2-1-3-5-8;1-2-3;/h9-10H,3-8H2,1-2H3;8H,1-7H2,(H2,10,11);3H,2H2,1H3;1H. The van der Waals surface area contributed by atoms with E-state index in [0.717, 1.165) is 32.1 Å². The Balaban J connectivity index is 0. The van der Waals surface area contributed by atoms with Crippen LogP contribution in [-0.2, 0) is 14.3 Å². The van der Waals surface area contributed by atoms with Crippen molar-refractivity contribution >= 4 is 11.7 Å². The molecule has 1 unspecified atom stereocenters. The first-order chi connectivity index (χ1) is 13.0. The lowest BCUT2D eigenvalue weighted by atomic mass is 9.81. The molecule has 2 aliphatic carbocycles. The van der Waals surface area contributed by atoms with E-state index in [2.05, 4.69) is 13.8 Å². The van der Waals surface area contributed by atoms with Gasteiger partial charge in [-0.1, -0.05) is 52.4 Å². The van der Waals surface area contributed by atoms with Gasteiger partial charge in [0.05, 0.1) is 12.7 Å². The maximum Gasteiger partial charge on any atom is 0.219 e. The molecular formula is C22H45NO4. The van der Waals surface area contributed by atoms with E-state index in [9.17, 15) is 9.59 Å². The van der Waals surface area contributed by atoms with Gasteiger partial charge in [0.1, 0.15) is 5.78 Å². The van der Waals surface area contributed by atoms with E-state index in [1.165, 1.54) is 38.5 Å². The number of nitrogens with two attached hydrogens (primary N) is 1. The molecule has 0 spiro atoms. The van der Waals surface area contributed by atoms with Crippen LogP contribution in [0.25, 0.3) is 0 Å². The van der Waals surface area contributed by atoms with Gasteiger partial charge in [0.2, 0.25) is 5.91 Å². The highest BCUT2D eigenvalue weighted by Crippen LogP contribution is 2.27. The van der Waals surface area contributed by atoms with Crippen LogP contribution in [0.15, 0.2) is 0 Å². The van der Waals surface area contributed by atoms with Gasteiger partial charge in [-0.15, -0.1) is 0 Å². The van der Waals surface area contributed by atoms with E-state index in [-0.39, 0.29) is 13.9 Å². The summed E-state index contributed by atoms with van der Waals surface area (Å²) in [6.07, 6.45) is 14.1. The molecule has 0 radical (unpaired) electrons. The van der Waals surface area contributed by atoms with Crippen LogP contribution in [0.5, 0.6) is 0 Å². The Morgan fingerprint density at radius 3 is 1.96 bits per heavy atom. The number of hydrogen-bond donors (Lipinski definition) is 2. The smallest absolute Gasteiger partial charge is 0.219 e. The van der Waals surface area contributed by atoms with E-state index in [4.69, 9.17) is 15.6 Å². The van der Waals surface area contributed by atoms with Gasteiger partial charge in [-0.2, -0.15) is 0 Å². The van der Waals surface area contributed by atoms with Crippen molar-refractivity contribution in [1.29, 1.82) is 0 Å². The molecule has 2 saturated carbocycles. The fraction of sp³-hybridized carbons (Fsp3) is 0.909. The molecule has 0 aliphatic heterocycles. The third kappa shape index (κ3) is 13.8. The van der Waals surface area contributed by atoms with Gasteiger partial charge < -0.3 is 15.6 Å². The fourth-order valence-electron chi connectivity index (χ4n) is 3.55. The molecular weight excluding hydrogens is 342 g/mol. The van der Waals surface area contributed by atoms with Crippen LogP contribution in [0, 0.1) is 11.8 Å². The van der Waals surface area contributed by atoms with Crippen molar-refractivity contribution in [2.45, 2.75) is 104 Å². The minimum atomic E-state index is -0.272. The largest absolute Gasteiger partial charge is 0.397 e. The molecule has 0 aromatic heterocycles. The number of ether oxygens (including phenoxy) is 1. The van der Waals surface area contributed by atoms with Crippen molar-refractivity contribution in [2.75, 3.05) is 13.2 Å². The van der Waals surface area contributed by atoms with Crippen LogP contribution in [-0.4, -0.2) is 36.1 Å². The van der Waals surface area contributed by atoms with Gasteiger partial charge in [0.15, 0.2) is 0 Å². The molecule has 0 heterocycles. The van der Waals surface area contributed by atoms with Crippen LogP contribution in [0.3, 0.4) is 0 Å². The Bertz CT molecular complexity index is 381. The first kappa shape index (κ1) is 26.1. The van der Waals surface area contributed by atoms with Crippen molar-refractivity contribution in [2.24, 2.45) is 17.6 Å². The molecule has 0 aromatic carbocycles. The van der Waals surface area contributed by atoms with Gasteiger partial charge >= 0.3 is 0 Å².